The van der Waals surface area contributed by atoms with Crippen molar-refractivity contribution in [3.63, 3.8) is 0 Å². The standard InChI is InChI=1S/C12H16ClNO4/c1-12(2,3)18-7-6-17-9-5-4-8(13)10(14-9)11(15)16/h4-5H,6-7H2,1-3H3,(H,15,16). The first-order valence-electron chi connectivity index (χ1n) is 5.46. The fourth-order valence-corrected chi connectivity index (χ4v) is 1.33. The zero-order valence-electron chi connectivity index (χ0n) is 10.6. The van der Waals surface area contributed by atoms with Crippen LogP contribution in [-0.4, -0.2) is 34.9 Å². The summed E-state index contributed by atoms with van der Waals surface area (Å²) >= 11 is 5.69. The highest BCUT2D eigenvalue weighted by atomic mass is 35.5. The lowest BCUT2D eigenvalue weighted by Gasteiger charge is -2.19. The highest BCUT2D eigenvalue weighted by Gasteiger charge is 2.13. The van der Waals surface area contributed by atoms with Crippen LogP contribution in [0.15, 0.2) is 12.1 Å². The molecule has 6 heteroatoms. The number of carbonyl (C=O) groups is 1. The van der Waals surface area contributed by atoms with Crippen LogP contribution in [0.1, 0.15) is 31.3 Å². The lowest BCUT2D eigenvalue weighted by Crippen LogP contribution is -2.22. The maximum Gasteiger partial charge on any atom is 0.356 e. The molecule has 0 aliphatic rings. The monoisotopic (exact) mass is 273 g/mol. The normalized spacial score (nSPS) is 11.3. The van der Waals surface area contributed by atoms with Gasteiger partial charge in [0.05, 0.1) is 17.2 Å². The predicted molar refractivity (Wildman–Crippen MR) is 67.4 cm³/mol. The third-order valence-electron chi connectivity index (χ3n) is 1.89. The molecule has 0 aromatic carbocycles. The summed E-state index contributed by atoms with van der Waals surface area (Å²) in [7, 11) is 0. The van der Waals surface area contributed by atoms with Gasteiger partial charge in [-0.15, -0.1) is 0 Å². The van der Waals surface area contributed by atoms with Crippen molar-refractivity contribution in [1.29, 1.82) is 0 Å². The van der Waals surface area contributed by atoms with E-state index in [0.717, 1.165) is 0 Å². The van der Waals surface area contributed by atoms with Gasteiger partial charge in [0.25, 0.3) is 0 Å². The Morgan fingerprint density at radius 3 is 2.61 bits per heavy atom. The second-order valence-electron chi connectivity index (χ2n) is 4.59. The molecule has 5 nitrogen and oxygen atoms in total. The van der Waals surface area contributed by atoms with Crippen LogP contribution < -0.4 is 4.74 Å². The summed E-state index contributed by atoms with van der Waals surface area (Å²) in [5.74, 6) is -0.967. The number of pyridine rings is 1. The zero-order chi connectivity index (χ0) is 13.8. The zero-order valence-corrected chi connectivity index (χ0v) is 11.3. The average molecular weight is 274 g/mol. The highest BCUT2D eigenvalue weighted by Crippen LogP contribution is 2.18. The Hall–Kier alpha value is -1.33. The summed E-state index contributed by atoms with van der Waals surface area (Å²) in [5.41, 5.74) is -0.450. The van der Waals surface area contributed by atoms with Gasteiger partial charge in [-0.05, 0) is 26.8 Å². The summed E-state index contributed by atoms with van der Waals surface area (Å²) in [5, 5.41) is 8.93. The lowest BCUT2D eigenvalue weighted by atomic mass is 10.2. The summed E-state index contributed by atoms with van der Waals surface area (Å²) in [4.78, 5) is 14.6. The summed E-state index contributed by atoms with van der Waals surface area (Å²) < 4.78 is 10.7. The van der Waals surface area contributed by atoms with E-state index < -0.39 is 5.97 Å². The number of halogens is 1. The molecule has 0 aliphatic heterocycles. The van der Waals surface area contributed by atoms with E-state index in [-0.39, 0.29) is 22.2 Å². The molecule has 0 saturated heterocycles. The maximum absolute atomic E-state index is 10.8. The van der Waals surface area contributed by atoms with E-state index in [1.807, 2.05) is 20.8 Å². The van der Waals surface area contributed by atoms with Gasteiger partial charge in [0.2, 0.25) is 5.88 Å². The highest BCUT2D eigenvalue weighted by molar-refractivity contribution is 6.33. The van der Waals surface area contributed by atoms with Crippen LogP contribution in [0.3, 0.4) is 0 Å². The Morgan fingerprint density at radius 2 is 2.06 bits per heavy atom. The third kappa shape index (κ3) is 4.89. The van der Waals surface area contributed by atoms with Gasteiger partial charge in [-0.3, -0.25) is 0 Å². The number of hydrogen-bond acceptors (Lipinski definition) is 4. The van der Waals surface area contributed by atoms with E-state index in [9.17, 15) is 4.79 Å². The fraction of sp³-hybridized carbons (Fsp3) is 0.500. The number of nitrogens with zero attached hydrogens (tertiary/aromatic N) is 1. The van der Waals surface area contributed by atoms with Crippen molar-refractivity contribution in [2.24, 2.45) is 0 Å². The molecular formula is C12H16ClNO4. The van der Waals surface area contributed by atoms with Crippen LogP contribution in [0.2, 0.25) is 5.02 Å². The van der Waals surface area contributed by atoms with E-state index in [1.54, 1.807) is 0 Å². The maximum atomic E-state index is 10.8. The molecule has 18 heavy (non-hydrogen) atoms. The minimum Gasteiger partial charge on any atom is -0.476 e. The molecule has 0 fully saturated rings. The molecule has 0 atom stereocenters. The molecule has 0 radical (unpaired) electrons. The van der Waals surface area contributed by atoms with Crippen molar-refractivity contribution in [1.82, 2.24) is 4.98 Å². The van der Waals surface area contributed by atoms with Gasteiger partial charge in [-0.1, -0.05) is 11.6 Å². The molecule has 1 aromatic rings. The molecule has 1 aromatic heterocycles. The van der Waals surface area contributed by atoms with Gasteiger partial charge in [0, 0.05) is 6.07 Å². The van der Waals surface area contributed by atoms with Crippen LogP contribution in [0, 0.1) is 0 Å². The first-order valence-corrected chi connectivity index (χ1v) is 5.84. The number of ether oxygens (including phenoxy) is 2. The molecule has 100 valence electrons. The van der Waals surface area contributed by atoms with Gasteiger partial charge in [0.15, 0.2) is 5.69 Å². The Bertz CT molecular complexity index is 429. The number of carboxylic acid groups (broad SMARTS) is 1. The van der Waals surface area contributed by atoms with E-state index >= 15 is 0 Å². The first kappa shape index (κ1) is 14.7. The number of carboxylic acids is 1. The van der Waals surface area contributed by atoms with E-state index in [4.69, 9.17) is 26.2 Å². The quantitative estimate of drug-likeness (QED) is 0.835. The molecule has 0 amide bonds. The summed E-state index contributed by atoms with van der Waals surface area (Å²) in [6.45, 7) is 6.52. The predicted octanol–water partition coefficient (Wildman–Crippen LogP) is 2.63. The first-order chi connectivity index (χ1) is 8.29. The molecule has 1 rings (SSSR count). The van der Waals surface area contributed by atoms with E-state index in [1.165, 1.54) is 12.1 Å². The molecule has 0 saturated carbocycles. The minimum absolute atomic E-state index is 0.0841. The molecule has 0 bridgehead atoms. The molecular weight excluding hydrogens is 258 g/mol. The van der Waals surface area contributed by atoms with E-state index in [2.05, 4.69) is 4.98 Å². The Labute approximate surface area is 111 Å². The lowest BCUT2D eigenvalue weighted by molar-refractivity contribution is -0.0168. The van der Waals surface area contributed by atoms with Crippen molar-refractivity contribution >= 4 is 17.6 Å². The second kappa shape index (κ2) is 6.02. The molecule has 0 unspecified atom stereocenters. The molecule has 1 N–H and O–H groups in total. The number of hydrogen-bond donors (Lipinski definition) is 1. The third-order valence-corrected chi connectivity index (χ3v) is 2.20. The Morgan fingerprint density at radius 1 is 1.39 bits per heavy atom. The molecule has 0 aliphatic carbocycles. The van der Waals surface area contributed by atoms with Crippen molar-refractivity contribution in [2.75, 3.05) is 13.2 Å². The van der Waals surface area contributed by atoms with Crippen LogP contribution in [0.4, 0.5) is 0 Å². The summed E-state index contributed by atoms with van der Waals surface area (Å²) in [6.07, 6.45) is 0. The van der Waals surface area contributed by atoms with Crippen LogP contribution >= 0.6 is 11.6 Å². The molecule has 0 spiro atoms. The van der Waals surface area contributed by atoms with E-state index in [0.29, 0.717) is 13.2 Å². The van der Waals surface area contributed by atoms with Gasteiger partial charge < -0.3 is 14.6 Å². The van der Waals surface area contributed by atoms with Crippen LogP contribution in [0.5, 0.6) is 5.88 Å². The van der Waals surface area contributed by atoms with Gasteiger partial charge in [0.1, 0.15) is 6.61 Å². The topological polar surface area (TPSA) is 68.7 Å². The van der Waals surface area contributed by atoms with Crippen molar-refractivity contribution in [3.05, 3.63) is 22.8 Å². The van der Waals surface area contributed by atoms with Gasteiger partial charge in [-0.25, -0.2) is 9.78 Å². The number of aromatic carboxylic acids is 1. The van der Waals surface area contributed by atoms with Crippen molar-refractivity contribution in [2.45, 2.75) is 26.4 Å². The van der Waals surface area contributed by atoms with Gasteiger partial charge in [-0.2, -0.15) is 0 Å². The largest absolute Gasteiger partial charge is 0.476 e. The Balaban J connectivity index is 2.53. The average Bonchev–Trinajstić information content (AvgIpc) is 2.24. The van der Waals surface area contributed by atoms with Crippen molar-refractivity contribution < 1.29 is 19.4 Å². The number of aromatic nitrogens is 1. The minimum atomic E-state index is -1.18. The SMILES string of the molecule is CC(C)(C)OCCOc1ccc(Cl)c(C(=O)O)n1. The Kier molecular flexibility index (Phi) is 4.93. The van der Waals surface area contributed by atoms with Crippen LogP contribution in [0.25, 0.3) is 0 Å². The van der Waals surface area contributed by atoms with Crippen LogP contribution in [-0.2, 0) is 4.74 Å². The molecule has 1 heterocycles. The second-order valence-corrected chi connectivity index (χ2v) is 5.00. The summed E-state index contributed by atoms with van der Waals surface area (Å²) in [6, 6.07) is 2.96. The fourth-order valence-electron chi connectivity index (χ4n) is 1.15. The smallest absolute Gasteiger partial charge is 0.356 e. The van der Waals surface area contributed by atoms with Crippen molar-refractivity contribution in [3.8, 4) is 5.88 Å². The number of rotatable bonds is 5. The van der Waals surface area contributed by atoms with Gasteiger partial charge >= 0.3 is 5.97 Å².